The summed E-state index contributed by atoms with van der Waals surface area (Å²) in [7, 11) is 0. The Morgan fingerprint density at radius 1 is 0.900 bits per heavy atom. The summed E-state index contributed by atoms with van der Waals surface area (Å²) in [5, 5.41) is 17.0. The predicted octanol–water partition coefficient (Wildman–Crippen LogP) is 4.72. The first-order valence-corrected chi connectivity index (χ1v) is 6.76. The van der Waals surface area contributed by atoms with E-state index in [1.165, 1.54) is 26.9 Å². The summed E-state index contributed by atoms with van der Waals surface area (Å²) in [5.74, 6) is 0. The summed E-state index contributed by atoms with van der Waals surface area (Å²) in [4.78, 5) is 0. The summed E-state index contributed by atoms with van der Waals surface area (Å²) in [6, 6.07) is 17.0. The van der Waals surface area contributed by atoms with E-state index >= 15 is 0 Å². The number of rotatable bonds is 2. The third-order valence-electron chi connectivity index (χ3n) is 4.15. The molecule has 0 atom stereocenters. The molecule has 0 radical (unpaired) electrons. The van der Waals surface area contributed by atoms with Gasteiger partial charge in [0.2, 0.25) is 0 Å². The molecule has 96 valence electrons. The van der Waals surface area contributed by atoms with Gasteiger partial charge in [-0.15, -0.1) is 0 Å². The molecule has 1 nitrogen and oxygen atoms in total. The summed E-state index contributed by atoms with van der Waals surface area (Å²) in [6.45, 7) is 3.96. The second-order valence-electron chi connectivity index (χ2n) is 5.17. The van der Waals surface area contributed by atoms with E-state index in [-0.39, 0.29) is 6.61 Å². The Labute approximate surface area is 117 Å². The highest BCUT2D eigenvalue weighted by Crippen LogP contribution is 2.37. The van der Waals surface area contributed by atoms with Gasteiger partial charge in [0.15, 0.2) is 0 Å². The SMILES string of the molecule is C=Cc1cc(CO)c2ccc3cccc4ccc1c2c43. The standard InChI is InChI=1S/C19H14O/c1-2-12-10-15(11-20)17-9-7-14-5-3-4-13-6-8-16(12)19(17)18(13)14/h2-10,20H,1,11H2. The molecule has 0 bridgehead atoms. The monoisotopic (exact) mass is 258 g/mol. The lowest BCUT2D eigenvalue weighted by Gasteiger charge is -2.15. The molecular weight excluding hydrogens is 244 g/mol. The highest BCUT2D eigenvalue weighted by atomic mass is 16.3. The molecule has 4 aromatic rings. The van der Waals surface area contributed by atoms with Crippen LogP contribution in [0.4, 0.5) is 0 Å². The Kier molecular flexibility index (Phi) is 2.32. The summed E-state index contributed by atoms with van der Waals surface area (Å²) in [6.07, 6.45) is 1.87. The van der Waals surface area contributed by atoms with Gasteiger partial charge in [-0.25, -0.2) is 0 Å². The number of aliphatic hydroxyl groups excluding tert-OH is 1. The van der Waals surface area contributed by atoms with Crippen molar-refractivity contribution in [3.63, 3.8) is 0 Å². The van der Waals surface area contributed by atoms with Crippen molar-refractivity contribution in [2.75, 3.05) is 0 Å². The van der Waals surface area contributed by atoms with Crippen molar-refractivity contribution >= 4 is 38.4 Å². The normalized spacial score (nSPS) is 11.7. The summed E-state index contributed by atoms with van der Waals surface area (Å²) < 4.78 is 0. The second kappa shape index (κ2) is 4.06. The molecule has 0 amide bonds. The van der Waals surface area contributed by atoms with Crippen LogP contribution < -0.4 is 0 Å². The fourth-order valence-electron chi connectivity index (χ4n) is 3.23. The fourth-order valence-corrected chi connectivity index (χ4v) is 3.23. The lowest BCUT2D eigenvalue weighted by molar-refractivity contribution is 0.283. The summed E-state index contributed by atoms with van der Waals surface area (Å²) in [5.41, 5.74) is 2.05. The highest BCUT2D eigenvalue weighted by molar-refractivity contribution is 6.24. The molecule has 0 unspecified atom stereocenters. The van der Waals surface area contributed by atoms with Crippen LogP contribution in [-0.4, -0.2) is 5.11 Å². The van der Waals surface area contributed by atoms with E-state index in [9.17, 15) is 5.11 Å². The van der Waals surface area contributed by atoms with Crippen molar-refractivity contribution in [3.05, 3.63) is 66.2 Å². The molecule has 4 aromatic carbocycles. The van der Waals surface area contributed by atoms with Gasteiger partial charge in [-0.2, -0.15) is 0 Å². The van der Waals surface area contributed by atoms with Crippen LogP contribution in [0.3, 0.4) is 0 Å². The first kappa shape index (κ1) is 11.4. The average Bonchev–Trinajstić information content (AvgIpc) is 2.52. The Morgan fingerprint density at radius 3 is 2.25 bits per heavy atom. The van der Waals surface area contributed by atoms with Gasteiger partial charge in [0.05, 0.1) is 6.61 Å². The average molecular weight is 258 g/mol. The van der Waals surface area contributed by atoms with Crippen molar-refractivity contribution < 1.29 is 5.11 Å². The molecule has 0 fully saturated rings. The zero-order valence-corrected chi connectivity index (χ0v) is 11.1. The zero-order valence-electron chi connectivity index (χ0n) is 11.1. The molecule has 0 saturated heterocycles. The van der Waals surface area contributed by atoms with Crippen molar-refractivity contribution in [2.45, 2.75) is 6.61 Å². The van der Waals surface area contributed by atoms with E-state index in [0.29, 0.717) is 0 Å². The van der Waals surface area contributed by atoms with Gasteiger partial charge in [0.1, 0.15) is 0 Å². The Balaban J connectivity index is 2.40. The van der Waals surface area contributed by atoms with Crippen molar-refractivity contribution in [1.29, 1.82) is 0 Å². The van der Waals surface area contributed by atoms with Crippen LogP contribution in [0.15, 0.2) is 55.1 Å². The van der Waals surface area contributed by atoms with Crippen molar-refractivity contribution in [2.24, 2.45) is 0 Å². The molecule has 0 aliphatic heterocycles. The minimum atomic E-state index is 0.0506. The van der Waals surface area contributed by atoms with Crippen LogP contribution in [0.1, 0.15) is 11.1 Å². The lowest BCUT2D eigenvalue weighted by atomic mass is 9.89. The Hall–Kier alpha value is -2.38. The van der Waals surface area contributed by atoms with Crippen LogP contribution in [0, 0.1) is 0 Å². The van der Waals surface area contributed by atoms with Crippen molar-refractivity contribution in [3.8, 4) is 0 Å². The van der Waals surface area contributed by atoms with E-state index in [1.807, 2.05) is 12.1 Å². The fraction of sp³-hybridized carbons (Fsp3) is 0.0526. The van der Waals surface area contributed by atoms with E-state index in [0.717, 1.165) is 16.5 Å². The van der Waals surface area contributed by atoms with Gasteiger partial charge in [-0.05, 0) is 49.5 Å². The van der Waals surface area contributed by atoms with Gasteiger partial charge >= 0.3 is 0 Å². The molecule has 0 aromatic heterocycles. The van der Waals surface area contributed by atoms with Gasteiger partial charge < -0.3 is 5.11 Å². The van der Waals surface area contributed by atoms with E-state index < -0.39 is 0 Å². The van der Waals surface area contributed by atoms with Crippen LogP contribution in [0.2, 0.25) is 0 Å². The van der Waals surface area contributed by atoms with Crippen LogP contribution >= 0.6 is 0 Å². The summed E-state index contributed by atoms with van der Waals surface area (Å²) >= 11 is 0. The number of hydrogen-bond acceptors (Lipinski definition) is 1. The molecule has 4 rings (SSSR count). The van der Waals surface area contributed by atoms with E-state index in [4.69, 9.17) is 0 Å². The third kappa shape index (κ3) is 1.36. The third-order valence-corrected chi connectivity index (χ3v) is 4.15. The number of benzene rings is 4. The quantitative estimate of drug-likeness (QED) is 0.516. The van der Waals surface area contributed by atoms with E-state index in [1.54, 1.807) is 0 Å². The topological polar surface area (TPSA) is 20.2 Å². The molecule has 0 heterocycles. The van der Waals surface area contributed by atoms with Crippen molar-refractivity contribution in [1.82, 2.24) is 0 Å². The van der Waals surface area contributed by atoms with Gasteiger partial charge in [0.25, 0.3) is 0 Å². The maximum Gasteiger partial charge on any atom is 0.0688 e. The number of hydrogen-bond donors (Lipinski definition) is 1. The molecular formula is C19H14O. The second-order valence-corrected chi connectivity index (χ2v) is 5.17. The first-order chi connectivity index (χ1) is 9.83. The highest BCUT2D eigenvalue weighted by Gasteiger charge is 2.12. The maximum absolute atomic E-state index is 9.65. The Morgan fingerprint density at radius 2 is 1.60 bits per heavy atom. The zero-order chi connectivity index (χ0) is 13.7. The first-order valence-electron chi connectivity index (χ1n) is 6.76. The van der Waals surface area contributed by atoms with Gasteiger partial charge in [-0.1, -0.05) is 55.1 Å². The number of aliphatic hydroxyl groups is 1. The molecule has 1 heteroatoms. The molecule has 20 heavy (non-hydrogen) atoms. The van der Waals surface area contributed by atoms with Crippen LogP contribution in [0.5, 0.6) is 0 Å². The predicted molar refractivity (Wildman–Crippen MR) is 86.2 cm³/mol. The van der Waals surface area contributed by atoms with Gasteiger partial charge in [-0.3, -0.25) is 0 Å². The van der Waals surface area contributed by atoms with Crippen LogP contribution in [-0.2, 0) is 6.61 Å². The molecule has 0 aliphatic rings. The van der Waals surface area contributed by atoms with Crippen LogP contribution in [0.25, 0.3) is 38.4 Å². The lowest BCUT2D eigenvalue weighted by Crippen LogP contribution is -1.92. The Bertz CT molecular complexity index is 934. The largest absolute Gasteiger partial charge is 0.392 e. The minimum Gasteiger partial charge on any atom is -0.392 e. The molecule has 0 spiro atoms. The molecule has 0 aliphatic carbocycles. The minimum absolute atomic E-state index is 0.0506. The maximum atomic E-state index is 9.65. The molecule has 1 N–H and O–H groups in total. The van der Waals surface area contributed by atoms with Gasteiger partial charge in [0, 0.05) is 0 Å². The van der Waals surface area contributed by atoms with E-state index in [2.05, 4.69) is 49.0 Å². The molecule has 0 saturated carbocycles. The smallest absolute Gasteiger partial charge is 0.0688 e.